The first-order chi connectivity index (χ1) is 13.4. The van der Waals surface area contributed by atoms with Gasteiger partial charge in [-0.3, -0.25) is 4.79 Å². The van der Waals surface area contributed by atoms with Crippen molar-refractivity contribution in [1.82, 2.24) is 0 Å². The Kier molecular flexibility index (Phi) is 12.6. The summed E-state index contributed by atoms with van der Waals surface area (Å²) in [6.07, 6.45) is 10.2. The van der Waals surface area contributed by atoms with Crippen molar-refractivity contribution in [3.05, 3.63) is 22.8 Å². The summed E-state index contributed by atoms with van der Waals surface area (Å²) in [5, 5.41) is 29.5. The molecule has 0 unspecified atom stereocenters. The first-order valence-electron chi connectivity index (χ1n) is 10.5. The van der Waals surface area contributed by atoms with Crippen LogP contribution in [0.15, 0.2) is 22.8 Å². The van der Waals surface area contributed by atoms with Crippen molar-refractivity contribution in [1.29, 1.82) is 0 Å². The molecule has 1 rings (SSSR count). The number of aliphatic hydroxyl groups is 2. The fourth-order valence-electron chi connectivity index (χ4n) is 3.50. The van der Waals surface area contributed by atoms with Gasteiger partial charge in [0.25, 0.3) is 0 Å². The molecule has 0 aromatic rings. The SMILES string of the molecule is CCCC[C@H](C)C[C@H](O)/C=C/[C@@H]1C(SCCCCCC(=O)O)=C(OC)C[C@H]1O. The maximum Gasteiger partial charge on any atom is 0.303 e. The molecule has 0 saturated heterocycles. The van der Waals surface area contributed by atoms with Crippen LogP contribution in [-0.4, -0.2) is 46.4 Å². The van der Waals surface area contributed by atoms with Gasteiger partial charge in [-0.05, 0) is 30.9 Å². The van der Waals surface area contributed by atoms with E-state index in [1.54, 1.807) is 18.9 Å². The molecule has 0 aromatic carbocycles. The Morgan fingerprint density at radius 2 is 2.07 bits per heavy atom. The van der Waals surface area contributed by atoms with Crippen LogP contribution in [0.5, 0.6) is 0 Å². The number of rotatable bonds is 15. The van der Waals surface area contributed by atoms with Gasteiger partial charge >= 0.3 is 5.97 Å². The van der Waals surface area contributed by atoms with E-state index in [2.05, 4.69) is 13.8 Å². The summed E-state index contributed by atoms with van der Waals surface area (Å²) in [6.45, 7) is 4.35. The highest BCUT2D eigenvalue weighted by atomic mass is 32.2. The highest BCUT2D eigenvalue weighted by molar-refractivity contribution is 8.03. The van der Waals surface area contributed by atoms with Crippen LogP contribution in [0.4, 0.5) is 0 Å². The quantitative estimate of drug-likeness (QED) is 0.265. The Balaban J connectivity index is 2.54. The number of ether oxygens (including phenoxy) is 1. The molecule has 0 aliphatic heterocycles. The lowest BCUT2D eigenvalue weighted by molar-refractivity contribution is -0.137. The zero-order chi connectivity index (χ0) is 20.9. The molecule has 0 bridgehead atoms. The second kappa shape index (κ2) is 14.1. The average molecular weight is 415 g/mol. The second-order valence-electron chi connectivity index (χ2n) is 7.78. The van der Waals surface area contributed by atoms with Crippen LogP contribution >= 0.6 is 11.8 Å². The van der Waals surface area contributed by atoms with Gasteiger partial charge in [-0.15, -0.1) is 11.8 Å². The minimum absolute atomic E-state index is 0.139. The van der Waals surface area contributed by atoms with Crippen molar-refractivity contribution in [2.75, 3.05) is 12.9 Å². The van der Waals surface area contributed by atoms with Crippen LogP contribution in [-0.2, 0) is 9.53 Å². The van der Waals surface area contributed by atoms with E-state index in [0.717, 1.165) is 42.1 Å². The van der Waals surface area contributed by atoms with Gasteiger partial charge in [-0.25, -0.2) is 0 Å². The van der Waals surface area contributed by atoms with Gasteiger partial charge in [0.2, 0.25) is 0 Å². The molecule has 28 heavy (non-hydrogen) atoms. The molecular weight excluding hydrogens is 376 g/mol. The van der Waals surface area contributed by atoms with Crippen LogP contribution in [0, 0.1) is 11.8 Å². The number of aliphatic hydroxyl groups excluding tert-OH is 2. The second-order valence-corrected chi connectivity index (χ2v) is 8.91. The molecule has 6 heteroatoms. The first-order valence-corrected chi connectivity index (χ1v) is 11.5. The summed E-state index contributed by atoms with van der Waals surface area (Å²) >= 11 is 1.68. The van der Waals surface area contributed by atoms with E-state index < -0.39 is 18.2 Å². The summed E-state index contributed by atoms with van der Waals surface area (Å²) in [5.74, 6) is 1.29. The Labute approximate surface area is 174 Å². The number of aliphatic carboxylic acids is 1. The standard InChI is InChI=1S/C22H38O5S/c1-4-5-9-16(2)14-17(23)11-12-18-19(24)15-20(27-3)22(18)28-13-8-6-7-10-21(25)26/h11-12,16-19,23-24H,4-10,13-15H2,1-3H3,(H,25,26)/b12-11+/t16-,17+,18-,19+/m0/s1. The van der Waals surface area contributed by atoms with Crippen LogP contribution in [0.2, 0.25) is 0 Å². The Morgan fingerprint density at radius 1 is 1.32 bits per heavy atom. The molecule has 3 N–H and O–H groups in total. The van der Waals surface area contributed by atoms with Gasteiger partial charge in [0.15, 0.2) is 0 Å². The van der Waals surface area contributed by atoms with Gasteiger partial charge in [0.1, 0.15) is 5.76 Å². The van der Waals surface area contributed by atoms with E-state index in [1.807, 2.05) is 12.2 Å². The molecule has 0 spiro atoms. The zero-order valence-corrected chi connectivity index (χ0v) is 18.4. The van der Waals surface area contributed by atoms with Crippen molar-refractivity contribution in [2.45, 2.75) is 83.8 Å². The molecule has 0 amide bonds. The van der Waals surface area contributed by atoms with Crippen molar-refractivity contribution < 1.29 is 24.9 Å². The average Bonchev–Trinajstić information content (AvgIpc) is 2.95. The summed E-state index contributed by atoms with van der Waals surface area (Å²) in [6, 6.07) is 0. The third-order valence-electron chi connectivity index (χ3n) is 5.16. The summed E-state index contributed by atoms with van der Waals surface area (Å²) in [4.78, 5) is 11.6. The van der Waals surface area contributed by atoms with E-state index in [1.165, 1.54) is 12.8 Å². The minimum Gasteiger partial charge on any atom is -0.500 e. The molecule has 1 aliphatic rings. The minimum atomic E-state index is -0.747. The van der Waals surface area contributed by atoms with E-state index >= 15 is 0 Å². The number of carboxylic acids is 1. The largest absolute Gasteiger partial charge is 0.500 e. The molecule has 1 aliphatic carbocycles. The highest BCUT2D eigenvalue weighted by Gasteiger charge is 2.33. The number of unbranched alkanes of at least 4 members (excludes halogenated alkanes) is 3. The lowest BCUT2D eigenvalue weighted by Gasteiger charge is -2.17. The predicted molar refractivity (Wildman–Crippen MR) is 115 cm³/mol. The van der Waals surface area contributed by atoms with E-state index in [-0.39, 0.29) is 12.3 Å². The van der Waals surface area contributed by atoms with E-state index in [4.69, 9.17) is 9.84 Å². The summed E-state index contributed by atoms with van der Waals surface area (Å²) in [7, 11) is 1.63. The molecule has 0 fully saturated rings. The summed E-state index contributed by atoms with van der Waals surface area (Å²) < 4.78 is 5.47. The van der Waals surface area contributed by atoms with Gasteiger partial charge in [0, 0.05) is 23.7 Å². The molecule has 162 valence electrons. The number of carbonyl (C=O) groups is 1. The monoisotopic (exact) mass is 414 g/mol. The van der Waals surface area contributed by atoms with Crippen molar-refractivity contribution in [3.8, 4) is 0 Å². The number of thioether (sulfide) groups is 1. The smallest absolute Gasteiger partial charge is 0.303 e. The van der Waals surface area contributed by atoms with Crippen molar-refractivity contribution in [2.24, 2.45) is 11.8 Å². The molecule has 5 nitrogen and oxygen atoms in total. The van der Waals surface area contributed by atoms with E-state index in [9.17, 15) is 15.0 Å². The normalized spacial score (nSPS) is 22.0. The van der Waals surface area contributed by atoms with Crippen LogP contribution < -0.4 is 0 Å². The molecule has 0 aromatic heterocycles. The number of carboxylic acid groups (broad SMARTS) is 1. The lowest BCUT2D eigenvalue weighted by Crippen LogP contribution is -2.15. The number of hydrogen-bond acceptors (Lipinski definition) is 5. The fraction of sp³-hybridized carbons (Fsp3) is 0.773. The number of hydrogen-bond donors (Lipinski definition) is 3. The van der Waals surface area contributed by atoms with Crippen LogP contribution in [0.1, 0.15) is 71.6 Å². The zero-order valence-electron chi connectivity index (χ0n) is 17.6. The Morgan fingerprint density at radius 3 is 2.71 bits per heavy atom. The van der Waals surface area contributed by atoms with Crippen molar-refractivity contribution in [3.63, 3.8) is 0 Å². The highest BCUT2D eigenvalue weighted by Crippen LogP contribution is 2.41. The van der Waals surface area contributed by atoms with Gasteiger partial charge in [-0.2, -0.15) is 0 Å². The number of methoxy groups -OCH3 is 1. The van der Waals surface area contributed by atoms with Gasteiger partial charge in [0.05, 0.1) is 19.3 Å². The third kappa shape index (κ3) is 9.48. The van der Waals surface area contributed by atoms with Crippen LogP contribution in [0.3, 0.4) is 0 Å². The van der Waals surface area contributed by atoms with Gasteiger partial charge in [-0.1, -0.05) is 51.7 Å². The molecule has 0 radical (unpaired) electrons. The van der Waals surface area contributed by atoms with Gasteiger partial charge < -0.3 is 20.1 Å². The molecule has 0 saturated carbocycles. The first kappa shape index (κ1) is 25.1. The Bertz CT molecular complexity index is 517. The van der Waals surface area contributed by atoms with Crippen LogP contribution in [0.25, 0.3) is 0 Å². The Hall–Kier alpha value is -0.980. The van der Waals surface area contributed by atoms with E-state index in [0.29, 0.717) is 18.8 Å². The molecule has 4 atom stereocenters. The molecule has 0 heterocycles. The molecular formula is C22H38O5S. The predicted octanol–water partition coefficient (Wildman–Crippen LogP) is 4.74. The van der Waals surface area contributed by atoms with Crippen molar-refractivity contribution >= 4 is 17.7 Å². The lowest BCUT2D eigenvalue weighted by atomic mass is 9.96. The summed E-state index contributed by atoms with van der Waals surface area (Å²) in [5.41, 5.74) is 0. The fourth-order valence-corrected chi connectivity index (χ4v) is 4.82. The third-order valence-corrected chi connectivity index (χ3v) is 6.46. The topological polar surface area (TPSA) is 87.0 Å². The maximum absolute atomic E-state index is 10.6. The maximum atomic E-state index is 10.6.